The highest BCUT2D eigenvalue weighted by molar-refractivity contribution is 5.92. The first-order valence-corrected chi connectivity index (χ1v) is 7.83. The summed E-state index contributed by atoms with van der Waals surface area (Å²) in [5, 5.41) is 3.10. The van der Waals surface area contributed by atoms with Gasteiger partial charge in [-0.1, -0.05) is 60.7 Å². The molecular weight excluding hydrogens is 286 g/mol. The third-order valence-corrected chi connectivity index (χ3v) is 4.06. The standard InChI is InChI=1S/C19H21N3O/c1-14-18(19(22-21-14)16-10-6-3-7-11-16)20-17(23)13-12-15-8-4-2-5-9-15/h2-14,18-19,21-22H,1H3,(H,20,23)/b13-12+. The summed E-state index contributed by atoms with van der Waals surface area (Å²) in [5.74, 6) is -0.0860. The molecule has 1 aliphatic rings. The van der Waals surface area contributed by atoms with Crippen molar-refractivity contribution in [2.45, 2.75) is 25.0 Å². The first-order chi connectivity index (χ1) is 11.2. The average molecular weight is 307 g/mol. The number of amides is 1. The van der Waals surface area contributed by atoms with Gasteiger partial charge in [-0.3, -0.25) is 10.2 Å². The van der Waals surface area contributed by atoms with Gasteiger partial charge in [0.1, 0.15) is 0 Å². The molecule has 1 fully saturated rings. The van der Waals surface area contributed by atoms with Gasteiger partial charge in [0.25, 0.3) is 0 Å². The number of carbonyl (C=O) groups is 1. The van der Waals surface area contributed by atoms with Gasteiger partial charge in [-0.05, 0) is 24.1 Å². The normalized spacial score (nSPS) is 24.0. The number of benzene rings is 2. The molecule has 4 heteroatoms. The molecule has 0 bridgehead atoms. The predicted molar refractivity (Wildman–Crippen MR) is 92.3 cm³/mol. The Morgan fingerprint density at radius 2 is 1.65 bits per heavy atom. The molecule has 1 amide bonds. The van der Waals surface area contributed by atoms with Crippen molar-refractivity contribution in [3.05, 3.63) is 77.9 Å². The van der Waals surface area contributed by atoms with Gasteiger partial charge in [-0.15, -0.1) is 0 Å². The molecule has 3 unspecified atom stereocenters. The summed E-state index contributed by atoms with van der Waals surface area (Å²) in [5.41, 5.74) is 8.64. The minimum atomic E-state index is -0.0860. The fraction of sp³-hybridized carbons (Fsp3) is 0.211. The molecule has 1 saturated heterocycles. The minimum absolute atomic E-state index is 0.00896. The molecule has 1 aliphatic heterocycles. The molecule has 0 aromatic heterocycles. The third-order valence-electron chi connectivity index (χ3n) is 4.06. The monoisotopic (exact) mass is 307 g/mol. The number of carbonyl (C=O) groups excluding carboxylic acids is 1. The lowest BCUT2D eigenvalue weighted by atomic mass is 9.97. The van der Waals surface area contributed by atoms with Crippen LogP contribution in [0.15, 0.2) is 66.7 Å². The smallest absolute Gasteiger partial charge is 0.244 e. The maximum absolute atomic E-state index is 12.2. The first-order valence-electron chi connectivity index (χ1n) is 7.83. The predicted octanol–water partition coefficient (Wildman–Crippen LogP) is 2.42. The van der Waals surface area contributed by atoms with E-state index in [0.717, 1.165) is 11.1 Å². The van der Waals surface area contributed by atoms with Gasteiger partial charge in [0.05, 0.1) is 12.1 Å². The Hall–Kier alpha value is -2.43. The topological polar surface area (TPSA) is 53.2 Å². The highest BCUT2D eigenvalue weighted by Gasteiger charge is 2.34. The summed E-state index contributed by atoms with van der Waals surface area (Å²) in [7, 11) is 0. The van der Waals surface area contributed by atoms with E-state index in [2.05, 4.69) is 35.2 Å². The second kappa shape index (κ2) is 7.22. The van der Waals surface area contributed by atoms with Gasteiger partial charge in [0, 0.05) is 12.1 Å². The summed E-state index contributed by atoms with van der Waals surface area (Å²) in [6.07, 6.45) is 3.41. The van der Waals surface area contributed by atoms with Crippen LogP contribution in [0.4, 0.5) is 0 Å². The molecule has 23 heavy (non-hydrogen) atoms. The molecule has 3 rings (SSSR count). The van der Waals surface area contributed by atoms with E-state index in [1.807, 2.05) is 54.6 Å². The maximum Gasteiger partial charge on any atom is 0.244 e. The van der Waals surface area contributed by atoms with Crippen LogP contribution in [0.2, 0.25) is 0 Å². The van der Waals surface area contributed by atoms with Crippen LogP contribution < -0.4 is 16.2 Å². The van der Waals surface area contributed by atoms with E-state index in [1.165, 1.54) is 0 Å². The minimum Gasteiger partial charge on any atom is -0.346 e. The lowest BCUT2D eigenvalue weighted by Gasteiger charge is -2.22. The maximum atomic E-state index is 12.2. The second-order valence-electron chi connectivity index (χ2n) is 5.74. The number of rotatable bonds is 4. The number of hydrogen-bond acceptors (Lipinski definition) is 3. The Kier molecular flexibility index (Phi) is 4.86. The van der Waals surface area contributed by atoms with Crippen LogP contribution in [-0.2, 0) is 4.79 Å². The molecular formula is C19H21N3O. The highest BCUT2D eigenvalue weighted by atomic mass is 16.1. The van der Waals surface area contributed by atoms with E-state index < -0.39 is 0 Å². The van der Waals surface area contributed by atoms with E-state index >= 15 is 0 Å². The molecule has 2 aromatic rings. The summed E-state index contributed by atoms with van der Waals surface area (Å²) >= 11 is 0. The van der Waals surface area contributed by atoms with Gasteiger partial charge in [0.15, 0.2) is 0 Å². The Labute approximate surface area is 136 Å². The molecule has 2 aromatic carbocycles. The Morgan fingerprint density at radius 3 is 2.35 bits per heavy atom. The zero-order valence-corrected chi connectivity index (χ0v) is 13.1. The van der Waals surface area contributed by atoms with Crippen LogP contribution in [0.5, 0.6) is 0 Å². The van der Waals surface area contributed by atoms with Gasteiger partial charge < -0.3 is 5.32 Å². The van der Waals surface area contributed by atoms with Gasteiger partial charge in [-0.25, -0.2) is 5.43 Å². The van der Waals surface area contributed by atoms with Crippen LogP contribution in [0, 0.1) is 0 Å². The fourth-order valence-corrected chi connectivity index (χ4v) is 2.80. The highest BCUT2D eigenvalue weighted by Crippen LogP contribution is 2.22. The third kappa shape index (κ3) is 3.86. The summed E-state index contributed by atoms with van der Waals surface area (Å²) < 4.78 is 0. The Bertz CT molecular complexity index is 670. The molecule has 3 atom stereocenters. The Morgan fingerprint density at radius 1 is 1.00 bits per heavy atom. The molecule has 1 heterocycles. The SMILES string of the molecule is CC1NNC(c2ccccc2)C1NC(=O)/C=C/c1ccccc1. The molecule has 4 nitrogen and oxygen atoms in total. The quantitative estimate of drug-likeness (QED) is 0.760. The van der Waals surface area contributed by atoms with Crippen LogP contribution >= 0.6 is 0 Å². The number of hydrogen-bond donors (Lipinski definition) is 3. The first kappa shape index (κ1) is 15.5. The molecule has 3 N–H and O–H groups in total. The lowest BCUT2D eigenvalue weighted by Crippen LogP contribution is -2.43. The van der Waals surface area contributed by atoms with Crippen LogP contribution in [0.3, 0.4) is 0 Å². The number of hydrazine groups is 1. The average Bonchev–Trinajstić information content (AvgIpc) is 2.95. The van der Waals surface area contributed by atoms with E-state index in [9.17, 15) is 4.79 Å². The van der Waals surface area contributed by atoms with Gasteiger partial charge >= 0.3 is 0 Å². The van der Waals surface area contributed by atoms with Crippen molar-refractivity contribution in [3.63, 3.8) is 0 Å². The summed E-state index contributed by atoms with van der Waals surface area (Å²) in [6, 6.07) is 20.1. The summed E-state index contributed by atoms with van der Waals surface area (Å²) in [6.45, 7) is 2.06. The molecule has 0 saturated carbocycles. The lowest BCUT2D eigenvalue weighted by molar-refractivity contribution is -0.117. The zero-order valence-electron chi connectivity index (χ0n) is 13.1. The molecule has 0 radical (unpaired) electrons. The van der Waals surface area contributed by atoms with Crippen molar-refractivity contribution < 1.29 is 4.79 Å². The second-order valence-corrected chi connectivity index (χ2v) is 5.74. The van der Waals surface area contributed by atoms with Crippen molar-refractivity contribution in [3.8, 4) is 0 Å². The van der Waals surface area contributed by atoms with E-state index in [0.29, 0.717) is 0 Å². The number of nitrogens with one attached hydrogen (secondary N) is 3. The fourth-order valence-electron chi connectivity index (χ4n) is 2.80. The zero-order chi connectivity index (χ0) is 16.1. The van der Waals surface area contributed by atoms with Crippen molar-refractivity contribution in [2.75, 3.05) is 0 Å². The van der Waals surface area contributed by atoms with Crippen LogP contribution in [-0.4, -0.2) is 18.0 Å². The van der Waals surface area contributed by atoms with E-state index in [4.69, 9.17) is 0 Å². The van der Waals surface area contributed by atoms with Gasteiger partial charge in [0.2, 0.25) is 5.91 Å². The summed E-state index contributed by atoms with van der Waals surface area (Å²) in [4.78, 5) is 12.2. The van der Waals surface area contributed by atoms with Crippen molar-refractivity contribution in [1.29, 1.82) is 0 Å². The van der Waals surface area contributed by atoms with Crippen molar-refractivity contribution >= 4 is 12.0 Å². The van der Waals surface area contributed by atoms with Gasteiger partial charge in [-0.2, -0.15) is 0 Å². The van der Waals surface area contributed by atoms with Crippen molar-refractivity contribution in [1.82, 2.24) is 16.2 Å². The van der Waals surface area contributed by atoms with E-state index in [1.54, 1.807) is 6.08 Å². The van der Waals surface area contributed by atoms with Crippen molar-refractivity contribution in [2.24, 2.45) is 0 Å². The molecule has 0 spiro atoms. The van der Waals surface area contributed by atoms with Crippen LogP contribution in [0.25, 0.3) is 6.08 Å². The van der Waals surface area contributed by atoms with E-state index in [-0.39, 0.29) is 24.0 Å². The molecule has 0 aliphatic carbocycles. The van der Waals surface area contributed by atoms with Crippen LogP contribution in [0.1, 0.15) is 24.1 Å². The molecule has 118 valence electrons. The largest absolute Gasteiger partial charge is 0.346 e. The Balaban J connectivity index is 1.67.